The number of aromatic nitrogens is 2. The molecule has 1 aliphatic heterocycles. The molecule has 0 radical (unpaired) electrons. The van der Waals surface area contributed by atoms with Crippen LogP contribution in [0, 0.1) is 13.8 Å². The number of halogens is 1. The van der Waals surface area contributed by atoms with Gasteiger partial charge in [-0.1, -0.05) is 6.92 Å². The Kier molecular flexibility index (Phi) is 5.62. The first kappa shape index (κ1) is 17.1. The maximum atomic E-state index is 12.9. The molecule has 0 aliphatic carbocycles. The number of sulfonamides is 1. The molecule has 2 rings (SSSR count). The third-order valence-corrected chi connectivity index (χ3v) is 7.43. The Labute approximate surface area is 136 Å². The third kappa shape index (κ3) is 3.41. The standard InChI is InChI=1S/C13H22ClN3O2S2/c1-4-12-9-16(7-8-20-12)21(18,19)13-10(2)15-17(6-5-14)11(13)3/h12H,4-9H2,1-3H3. The van der Waals surface area contributed by atoms with E-state index in [1.165, 1.54) is 0 Å². The van der Waals surface area contributed by atoms with Crippen molar-refractivity contribution in [2.45, 2.75) is 43.9 Å². The SMILES string of the molecule is CCC1CN(S(=O)(=O)c2c(C)nn(CCCl)c2C)CCS1. The lowest BCUT2D eigenvalue weighted by molar-refractivity contribution is 0.415. The van der Waals surface area contributed by atoms with Crippen LogP contribution < -0.4 is 0 Å². The number of rotatable bonds is 5. The Morgan fingerprint density at radius 2 is 2.14 bits per heavy atom. The maximum Gasteiger partial charge on any atom is 0.246 e. The summed E-state index contributed by atoms with van der Waals surface area (Å²) in [7, 11) is -3.47. The Hall–Kier alpha value is -0.240. The average Bonchev–Trinajstić information content (AvgIpc) is 2.74. The fourth-order valence-corrected chi connectivity index (χ4v) is 6.05. The van der Waals surface area contributed by atoms with Gasteiger partial charge in [-0.15, -0.1) is 11.6 Å². The highest BCUT2D eigenvalue weighted by Gasteiger charge is 2.34. The number of nitrogens with zero attached hydrogens (tertiary/aromatic N) is 3. The largest absolute Gasteiger partial charge is 0.267 e. The van der Waals surface area contributed by atoms with Crippen LogP contribution in [0.25, 0.3) is 0 Å². The van der Waals surface area contributed by atoms with Crippen LogP contribution in [0.3, 0.4) is 0 Å². The van der Waals surface area contributed by atoms with Crippen LogP contribution in [0.15, 0.2) is 4.90 Å². The summed E-state index contributed by atoms with van der Waals surface area (Å²) < 4.78 is 29.2. The van der Waals surface area contributed by atoms with E-state index >= 15 is 0 Å². The smallest absolute Gasteiger partial charge is 0.246 e. The van der Waals surface area contributed by atoms with Gasteiger partial charge in [-0.25, -0.2) is 8.42 Å². The molecule has 5 nitrogen and oxygen atoms in total. The summed E-state index contributed by atoms with van der Waals surface area (Å²) in [6.45, 7) is 7.34. The Bertz CT molecular complexity index is 601. The zero-order valence-electron chi connectivity index (χ0n) is 12.7. The normalized spacial score (nSPS) is 20.9. The van der Waals surface area contributed by atoms with Crippen LogP contribution in [0.1, 0.15) is 24.7 Å². The van der Waals surface area contributed by atoms with E-state index in [9.17, 15) is 8.42 Å². The van der Waals surface area contributed by atoms with Gasteiger partial charge >= 0.3 is 0 Å². The summed E-state index contributed by atoms with van der Waals surface area (Å²) in [6, 6.07) is 0. The fourth-order valence-electron chi connectivity index (χ4n) is 2.64. The van der Waals surface area contributed by atoms with E-state index in [2.05, 4.69) is 12.0 Å². The van der Waals surface area contributed by atoms with Gasteiger partial charge in [-0.2, -0.15) is 21.2 Å². The molecule has 0 spiro atoms. The van der Waals surface area contributed by atoms with Crippen molar-refractivity contribution in [2.24, 2.45) is 0 Å². The minimum Gasteiger partial charge on any atom is -0.267 e. The number of thioether (sulfide) groups is 1. The molecule has 21 heavy (non-hydrogen) atoms. The minimum atomic E-state index is -3.47. The van der Waals surface area contributed by atoms with Gasteiger partial charge in [-0.3, -0.25) is 4.68 Å². The molecular formula is C13H22ClN3O2S2. The second-order valence-corrected chi connectivity index (χ2v) is 8.84. The molecule has 1 aromatic rings. The van der Waals surface area contributed by atoms with Crippen LogP contribution in [0.2, 0.25) is 0 Å². The molecule has 2 heterocycles. The first-order chi connectivity index (χ1) is 9.91. The molecule has 0 aromatic carbocycles. The summed E-state index contributed by atoms with van der Waals surface area (Å²) in [5.41, 5.74) is 1.24. The summed E-state index contributed by atoms with van der Waals surface area (Å²) in [5, 5.41) is 4.70. The fraction of sp³-hybridized carbons (Fsp3) is 0.769. The average molecular weight is 352 g/mol. The quantitative estimate of drug-likeness (QED) is 0.763. The van der Waals surface area contributed by atoms with E-state index in [0.29, 0.717) is 47.0 Å². The van der Waals surface area contributed by atoms with Gasteiger partial charge in [0.2, 0.25) is 10.0 Å². The van der Waals surface area contributed by atoms with Gasteiger partial charge in [0.15, 0.2) is 0 Å². The molecular weight excluding hydrogens is 330 g/mol. The van der Waals surface area contributed by atoms with E-state index in [4.69, 9.17) is 11.6 Å². The van der Waals surface area contributed by atoms with E-state index < -0.39 is 10.0 Å². The lowest BCUT2D eigenvalue weighted by atomic mass is 10.3. The molecule has 0 N–H and O–H groups in total. The first-order valence-corrected chi connectivity index (χ1v) is 10.2. The topological polar surface area (TPSA) is 55.2 Å². The van der Waals surface area contributed by atoms with E-state index in [1.807, 2.05) is 11.8 Å². The van der Waals surface area contributed by atoms with Crippen LogP contribution in [0.4, 0.5) is 0 Å². The lowest BCUT2D eigenvalue weighted by Gasteiger charge is -2.31. The molecule has 1 aliphatic rings. The molecule has 1 atom stereocenters. The van der Waals surface area contributed by atoms with Crippen molar-refractivity contribution in [1.82, 2.24) is 14.1 Å². The van der Waals surface area contributed by atoms with Crippen LogP contribution >= 0.6 is 23.4 Å². The minimum absolute atomic E-state index is 0.356. The Balaban J connectivity index is 2.35. The van der Waals surface area contributed by atoms with Crippen molar-refractivity contribution in [3.05, 3.63) is 11.4 Å². The Morgan fingerprint density at radius 3 is 2.76 bits per heavy atom. The van der Waals surface area contributed by atoms with E-state index in [0.717, 1.165) is 12.2 Å². The molecule has 1 aromatic heterocycles. The second kappa shape index (κ2) is 6.89. The van der Waals surface area contributed by atoms with Gasteiger partial charge in [0.25, 0.3) is 0 Å². The van der Waals surface area contributed by atoms with Crippen molar-refractivity contribution in [1.29, 1.82) is 0 Å². The number of alkyl halides is 1. The van der Waals surface area contributed by atoms with E-state index in [-0.39, 0.29) is 0 Å². The van der Waals surface area contributed by atoms with Gasteiger partial charge in [0.05, 0.1) is 17.9 Å². The van der Waals surface area contributed by atoms with E-state index in [1.54, 1.807) is 22.8 Å². The van der Waals surface area contributed by atoms with Crippen LogP contribution in [0.5, 0.6) is 0 Å². The molecule has 0 bridgehead atoms. The Morgan fingerprint density at radius 1 is 1.43 bits per heavy atom. The first-order valence-electron chi connectivity index (χ1n) is 7.13. The maximum absolute atomic E-state index is 12.9. The third-order valence-electron chi connectivity index (χ3n) is 3.77. The summed E-state index contributed by atoms with van der Waals surface area (Å²) in [4.78, 5) is 0.356. The molecule has 1 saturated heterocycles. The summed E-state index contributed by atoms with van der Waals surface area (Å²) in [5.74, 6) is 1.27. The van der Waals surface area contributed by atoms with Crippen LogP contribution in [-0.4, -0.2) is 52.5 Å². The summed E-state index contributed by atoms with van der Waals surface area (Å²) >= 11 is 7.60. The zero-order chi connectivity index (χ0) is 15.6. The van der Waals surface area contributed by atoms with Crippen LogP contribution in [-0.2, 0) is 16.6 Å². The van der Waals surface area contributed by atoms with Crippen molar-refractivity contribution in [3.8, 4) is 0 Å². The highest BCUT2D eigenvalue weighted by Crippen LogP contribution is 2.29. The van der Waals surface area contributed by atoms with Gasteiger partial charge in [0, 0.05) is 30.0 Å². The zero-order valence-corrected chi connectivity index (χ0v) is 15.1. The van der Waals surface area contributed by atoms with Crippen molar-refractivity contribution < 1.29 is 8.42 Å². The highest BCUT2D eigenvalue weighted by molar-refractivity contribution is 8.00. The van der Waals surface area contributed by atoms with Crippen molar-refractivity contribution in [2.75, 3.05) is 24.7 Å². The molecule has 1 fully saturated rings. The molecule has 8 heteroatoms. The molecule has 0 amide bonds. The molecule has 120 valence electrons. The monoisotopic (exact) mass is 351 g/mol. The number of hydrogen-bond acceptors (Lipinski definition) is 4. The van der Waals surface area contributed by atoms with Gasteiger partial charge in [0.1, 0.15) is 4.90 Å². The highest BCUT2D eigenvalue weighted by atomic mass is 35.5. The predicted molar refractivity (Wildman–Crippen MR) is 87.7 cm³/mol. The number of hydrogen-bond donors (Lipinski definition) is 0. The van der Waals surface area contributed by atoms with Crippen molar-refractivity contribution in [3.63, 3.8) is 0 Å². The summed E-state index contributed by atoms with van der Waals surface area (Å²) in [6.07, 6.45) is 0.986. The second-order valence-electron chi connectivity index (χ2n) is 5.18. The van der Waals surface area contributed by atoms with Crippen molar-refractivity contribution >= 4 is 33.4 Å². The lowest BCUT2D eigenvalue weighted by Crippen LogP contribution is -2.42. The molecule has 0 saturated carbocycles. The predicted octanol–water partition coefficient (Wildman–Crippen LogP) is 2.25. The number of aryl methyl sites for hydroxylation is 2. The van der Waals surface area contributed by atoms with Gasteiger partial charge < -0.3 is 0 Å². The molecule has 1 unspecified atom stereocenters. The van der Waals surface area contributed by atoms with Gasteiger partial charge in [-0.05, 0) is 20.3 Å².